The Morgan fingerprint density at radius 3 is 2.35 bits per heavy atom. The summed E-state index contributed by atoms with van der Waals surface area (Å²) in [5.74, 6) is 2.08. The van der Waals surface area contributed by atoms with Crippen molar-refractivity contribution in [2.24, 2.45) is 4.99 Å². The molecule has 3 rings (SSSR count). The van der Waals surface area contributed by atoms with Gasteiger partial charge in [-0.2, -0.15) is 0 Å². The second-order valence-electron chi connectivity index (χ2n) is 8.16. The molecule has 0 spiro atoms. The molecule has 0 radical (unpaired) electrons. The average Bonchev–Trinajstić information content (AvgIpc) is 2.79. The number of hydrogen-bond acceptors (Lipinski definition) is 6. The number of methoxy groups -OCH3 is 2. The number of benzene rings is 2. The zero-order valence-corrected chi connectivity index (χ0v) is 19.0. The number of aliphatic hydroxyl groups is 1. The van der Waals surface area contributed by atoms with Gasteiger partial charge in [-0.15, -0.1) is 0 Å². The molecule has 1 fully saturated rings. The minimum Gasteiger partial charge on any atom is -0.493 e. The lowest BCUT2D eigenvalue weighted by Crippen LogP contribution is -2.48. The standard InChI is InChI=1S/C25H34N2O4/c1-18-6-5-7-19(2)27(18)16-22(28)17-31-23-11-9-21(10-12-23)26-15-20-8-13-24(29-3)25(14-20)30-4/h8-15,18-19,22,28H,5-7,16-17H2,1-4H3/t18-,19-,22-/m0/s1. The highest BCUT2D eigenvalue weighted by molar-refractivity contribution is 5.83. The van der Waals surface area contributed by atoms with Crippen molar-refractivity contribution in [2.45, 2.75) is 51.3 Å². The average molecular weight is 427 g/mol. The smallest absolute Gasteiger partial charge is 0.161 e. The molecule has 0 aromatic heterocycles. The van der Waals surface area contributed by atoms with E-state index in [1.54, 1.807) is 20.4 Å². The van der Waals surface area contributed by atoms with Gasteiger partial charge in [-0.05, 0) is 74.7 Å². The van der Waals surface area contributed by atoms with Gasteiger partial charge in [-0.1, -0.05) is 6.42 Å². The molecule has 31 heavy (non-hydrogen) atoms. The van der Waals surface area contributed by atoms with Crippen LogP contribution in [0.4, 0.5) is 5.69 Å². The quantitative estimate of drug-likeness (QED) is 0.600. The highest BCUT2D eigenvalue weighted by Gasteiger charge is 2.26. The van der Waals surface area contributed by atoms with Crippen LogP contribution in [-0.4, -0.2) is 61.8 Å². The summed E-state index contributed by atoms with van der Waals surface area (Å²) in [6.45, 7) is 5.41. The number of aliphatic hydroxyl groups excluding tert-OH is 1. The highest BCUT2D eigenvalue weighted by Crippen LogP contribution is 2.27. The fraction of sp³-hybridized carbons (Fsp3) is 0.480. The van der Waals surface area contributed by atoms with E-state index in [1.165, 1.54) is 19.3 Å². The molecule has 1 saturated heterocycles. The third-order valence-corrected chi connectivity index (χ3v) is 5.85. The summed E-state index contributed by atoms with van der Waals surface area (Å²) in [5.41, 5.74) is 1.74. The largest absolute Gasteiger partial charge is 0.493 e. The highest BCUT2D eigenvalue weighted by atomic mass is 16.5. The van der Waals surface area contributed by atoms with Gasteiger partial charge in [0.2, 0.25) is 0 Å². The molecule has 1 N–H and O–H groups in total. The molecule has 2 aromatic rings. The fourth-order valence-corrected chi connectivity index (χ4v) is 4.03. The van der Waals surface area contributed by atoms with Gasteiger partial charge in [0.25, 0.3) is 0 Å². The molecule has 168 valence electrons. The summed E-state index contributed by atoms with van der Waals surface area (Å²) < 4.78 is 16.4. The minimum atomic E-state index is -0.509. The van der Waals surface area contributed by atoms with E-state index in [0.29, 0.717) is 30.1 Å². The number of rotatable bonds is 9. The van der Waals surface area contributed by atoms with Crippen LogP contribution in [0.15, 0.2) is 47.5 Å². The van der Waals surface area contributed by atoms with Crippen molar-refractivity contribution >= 4 is 11.9 Å². The van der Waals surface area contributed by atoms with Gasteiger partial charge in [0.1, 0.15) is 18.5 Å². The van der Waals surface area contributed by atoms with Gasteiger partial charge in [-0.25, -0.2) is 0 Å². The van der Waals surface area contributed by atoms with E-state index >= 15 is 0 Å². The van der Waals surface area contributed by atoms with Crippen LogP contribution < -0.4 is 14.2 Å². The Kier molecular flexibility index (Phi) is 8.32. The molecule has 0 bridgehead atoms. The molecule has 0 amide bonds. The molecule has 0 saturated carbocycles. The van der Waals surface area contributed by atoms with E-state index in [-0.39, 0.29) is 6.61 Å². The number of piperidine rings is 1. The first-order valence-corrected chi connectivity index (χ1v) is 10.9. The second-order valence-corrected chi connectivity index (χ2v) is 8.16. The predicted molar refractivity (Wildman–Crippen MR) is 124 cm³/mol. The monoisotopic (exact) mass is 426 g/mol. The second kappa shape index (κ2) is 11.2. The number of nitrogens with zero attached hydrogens (tertiary/aromatic N) is 2. The maximum atomic E-state index is 10.4. The molecule has 1 aliphatic rings. The van der Waals surface area contributed by atoms with Crippen molar-refractivity contribution in [3.05, 3.63) is 48.0 Å². The molecule has 1 heterocycles. The summed E-state index contributed by atoms with van der Waals surface area (Å²) in [7, 11) is 3.23. The van der Waals surface area contributed by atoms with E-state index in [0.717, 1.165) is 17.0 Å². The van der Waals surface area contributed by atoms with Gasteiger partial charge in [-0.3, -0.25) is 9.89 Å². The molecular weight excluding hydrogens is 392 g/mol. The maximum Gasteiger partial charge on any atom is 0.161 e. The third kappa shape index (κ3) is 6.45. The van der Waals surface area contributed by atoms with Gasteiger partial charge >= 0.3 is 0 Å². The summed E-state index contributed by atoms with van der Waals surface area (Å²) in [6, 6.07) is 14.2. The summed E-state index contributed by atoms with van der Waals surface area (Å²) >= 11 is 0. The Balaban J connectivity index is 1.51. The first kappa shape index (κ1) is 23.1. The Morgan fingerprint density at radius 1 is 1.03 bits per heavy atom. The topological polar surface area (TPSA) is 63.5 Å². The molecular formula is C25H34N2O4. The number of aliphatic imine (C=N–C) groups is 1. The Labute approximate surface area is 185 Å². The number of likely N-dealkylation sites (tertiary alicyclic amines) is 1. The van der Waals surface area contributed by atoms with Crippen molar-refractivity contribution in [3.8, 4) is 17.2 Å². The van der Waals surface area contributed by atoms with Gasteiger partial charge < -0.3 is 19.3 Å². The maximum absolute atomic E-state index is 10.4. The fourth-order valence-electron chi connectivity index (χ4n) is 4.03. The lowest BCUT2D eigenvalue weighted by Gasteiger charge is -2.40. The number of hydrogen-bond donors (Lipinski definition) is 1. The van der Waals surface area contributed by atoms with E-state index in [9.17, 15) is 5.11 Å². The molecule has 3 atom stereocenters. The molecule has 1 aliphatic heterocycles. The van der Waals surface area contributed by atoms with Crippen LogP contribution in [0, 0.1) is 0 Å². The van der Waals surface area contributed by atoms with Crippen molar-refractivity contribution in [1.82, 2.24) is 4.90 Å². The Morgan fingerprint density at radius 2 is 1.71 bits per heavy atom. The van der Waals surface area contributed by atoms with Gasteiger partial charge in [0.15, 0.2) is 11.5 Å². The zero-order valence-electron chi connectivity index (χ0n) is 19.0. The molecule has 0 aliphatic carbocycles. The van der Waals surface area contributed by atoms with Crippen molar-refractivity contribution in [3.63, 3.8) is 0 Å². The van der Waals surface area contributed by atoms with Crippen LogP contribution in [0.5, 0.6) is 17.2 Å². The van der Waals surface area contributed by atoms with Gasteiger partial charge in [0, 0.05) is 24.8 Å². The van der Waals surface area contributed by atoms with E-state index in [4.69, 9.17) is 14.2 Å². The first-order chi connectivity index (χ1) is 15.0. The number of β-amino-alcohol motifs (C(OH)–C–C–N with tert-alkyl or cyclic N) is 1. The normalized spacial score (nSPS) is 20.5. The van der Waals surface area contributed by atoms with Crippen LogP contribution in [0.25, 0.3) is 0 Å². The predicted octanol–water partition coefficient (Wildman–Crippen LogP) is 4.46. The van der Waals surface area contributed by atoms with Gasteiger partial charge in [0.05, 0.1) is 19.9 Å². The van der Waals surface area contributed by atoms with Crippen molar-refractivity contribution in [1.29, 1.82) is 0 Å². The molecule has 0 unspecified atom stereocenters. The van der Waals surface area contributed by atoms with Crippen molar-refractivity contribution < 1.29 is 19.3 Å². The van der Waals surface area contributed by atoms with Crippen LogP contribution in [0.1, 0.15) is 38.7 Å². The lowest BCUT2D eigenvalue weighted by atomic mass is 9.97. The molecule has 6 nitrogen and oxygen atoms in total. The minimum absolute atomic E-state index is 0.282. The Bertz CT molecular complexity index is 843. The van der Waals surface area contributed by atoms with Crippen LogP contribution in [0.2, 0.25) is 0 Å². The van der Waals surface area contributed by atoms with Crippen LogP contribution in [0.3, 0.4) is 0 Å². The number of ether oxygens (including phenoxy) is 3. The lowest BCUT2D eigenvalue weighted by molar-refractivity contribution is 0.0209. The Hall–Kier alpha value is -2.57. The van der Waals surface area contributed by atoms with E-state index in [2.05, 4.69) is 23.7 Å². The van der Waals surface area contributed by atoms with Crippen molar-refractivity contribution in [2.75, 3.05) is 27.4 Å². The third-order valence-electron chi connectivity index (χ3n) is 5.85. The zero-order chi connectivity index (χ0) is 22.2. The van der Waals surface area contributed by atoms with Crippen LogP contribution in [-0.2, 0) is 0 Å². The van der Waals surface area contributed by atoms with Crippen LogP contribution >= 0.6 is 0 Å². The van der Waals surface area contributed by atoms with E-state index in [1.807, 2.05) is 42.5 Å². The summed E-state index contributed by atoms with van der Waals surface area (Å²) in [6.07, 6.45) is 4.94. The summed E-state index contributed by atoms with van der Waals surface area (Å²) in [4.78, 5) is 6.90. The molecule has 2 aromatic carbocycles. The molecule has 6 heteroatoms. The summed E-state index contributed by atoms with van der Waals surface area (Å²) in [5, 5.41) is 10.4. The first-order valence-electron chi connectivity index (χ1n) is 10.9. The SMILES string of the molecule is COc1ccc(C=Nc2ccc(OC[C@@H](O)CN3[C@@H](C)CCC[C@@H]3C)cc2)cc1OC. The van der Waals surface area contributed by atoms with E-state index < -0.39 is 6.10 Å².